The molecule has 0 fully saturated rings. The van der Waals surface area contributed by atoms with Gasteiger partial charge in [0.25, 0.3) is 0 Å². The summed E-state index contributed by atoms with van der Waals surface area (Å²) in [6, 6.07) is 3.28. The minimum absolute atomic E-state index is 0.161. The summed E-state index contributed by atoms with van der Waals surface area (Å²) in [5.74, 6) is -0.161. The van der Waals surface area contributed by atoms with Crippen LogP contribution in [0.15, 0.2) is 18.3 Å². The van der Waals surface area contributed by atoms with E-state index in [0.29, 0.717) is 25.4 Å². The third-order valence-corrected chi connectivity index (χ3v) is 2.20. The Kier molecular flexibility index (Phi) is 6.03. The van der Waals surface area contributed by atoms with Crippen molar-refractivity contribution in [3.05, 3.63) is 28.4 Å². The summed E-state index contributed by atoms with van der Waals surface area (Å²) in [5.41, 5.74) is 0.415. The van der Waals surface area contributed by atoms with Gasteiger partial charge >= 0.3 is 5.82 Å². The minimum atomic E-state index is -0.505. The van der Waals surface area contributed by atoms with Gasteiger partial charge in [-0.1, -0.05) is 0 Å². The molecule has 0 unspecified atom stereocenters. The summed E-state index contributed by atoms with van der Waals surface area (Å²) in [6.07, 6.45) is 1.40. The maximum Gasteiger partial charge on any atom is 0.386 e. The number of pyridine rings is 1. The monoisotopic (exact) mass is 254 g/mol. The molecule has 0 saturated carbocycles. The van der Waals surface area contributed by atoms with Crippen LogP contribution in [0.3, 0.4) is 0 Å². The molecule has 1 rings (SSSR count). The van der Waals surface area contributed by atoms with Crippen molar-refractivity contribution in [1.82, 2.24) is 9.88 Å². The van der Waals surface area contributed by atoms with E-state index in [1.807, 2.05) is 19.0 Å². The zero-order valence-electron chi connectivity index (χ0n) is 10.6. The predicted octanol–water partition coefficient (Wildman–Crippen LogP) is 0.980. The van der Waals surface area contributed by atoms with Crippen LogP contribution in [0.25, 0.3) is 0 Å². The van der Waals surface area contributed by atoms with E-state index in [0.717, 1.165) is 6.54 Å². The van der Waals surface area contributed by atoms with Crippen molar-refractivity contribution in [2.24, 2.45) is 0 Å². The highest BCUT2D eigenvalue weighted by atomic mass is 16.6. The molecule has 18 heavy (non-hydrogen) atoms. The van der Waals surface area contributed by atoms with Gasteiger partial charge in [-0.15, -0.1) is 0 Å². The van der Waals surface area contributed by atoms with Gasteiger partial charge in [0.1, 0.15) is 11.9 Å². The zero-order valence-corrected chi connectivity index (χ0v) is 10.6. The topological polar surface area (TPSA) is 80.5 Å². The number of hydrogen-bond donors (Lipinski definition) is 1. The predicted molar refractivity (Wildman–Crippen MR) is 68.8 cm³/mol. The van der Waals surface area contributed by atoms with Crippen molar-refractivity contribution in [1.29, 1.82) is 0 Å². The Bertz CT molecular complexity index is 384. The lowest BCUT2D eigenvalue weighted by molar-refractivity contribution is -0.388. The average Bonchev–Trinajstić information content (AvgIpc) is 2.33. The Hall–Kier alpha value is -1.73. The van der Waals surface area contributed by atoms with Crippen LogP contribution in [0, 0.1) is 10.1 Å². The zero-order chi connectivity index (χ0) is 13.4. The van der Waals surface area contributed by atoms with E-state index in [2.05, 4.69) is 10.3 Å². The molecule has 7 heteroatoms. The molecule has 100 valence electrons. The van der Waals surface area contributed by atoms with E-state index < -0.39 is 4.92 Å². The van der Waals surface area contributed by atoms with Crippen LogP contribution in [0.5, 0.6) is 0 Å². The molecule has 0 saturated heterocycles. The Morgan fingerprint density at radius 1 is 1.50 bits per heavy atom. The Labute approximate surface area is 106 Å². The summed E-state index contributed by atoms with van der Waals surface area (Å²) in [6.45, 7) is 2.51. The maximum atomic E-state index is 10.7. The van der Waals surface area contributed by atoms with Crippen LogP contribution < -0.4 is 5.32 Å². The van der Waals surface area contributed by atoms with Gasteiger partial charge in [-0.25, -0.2) is 0 Å². The smallest absolute Gasteiger partial charge is 0.378 e. The number of aromatic nitrogens is 1. The van der Waals surface area contributed by atoms with Gasteiger partial charge in [-0.3, -0.25) is 0 Å². The lowest BCUT2D eigenvalue weighted by Crippen LogP contribution is -2.20. The van der Waals surface area contributed by atoms with Crippen molar-refractivity contribution < 1.29 is 9.66 Å². The fourth-order valence-corrected chi connectivity index (χ4v) is 1.29. The number of likely N-dealkylation sites (N-methyl/N-ethyl adjacent to an activating group) is 1. The van der Waals surface area contributed by atoms with Crippen LogP contribution in [-0.4, -0.2) is 55.2 Å². The normalized spacial score (nSPS) is 10.6. The Morgan fingerprint density at radius 3 is 2.94 bits per heavy atom. The lowest BCUT2D eigenvalue weighted by atomic mass is 10.4. The van der Waals surface area contributed by atoms with E-state index in [9.17, 15) is 10.1 Å². The lowest BCUT2D eigenvalue weighted by Gasteiger charge is -2.10. The highest BCUT2D eigenvalue weighted by Crippen LogP contribution is 2.19. The number of nitrogens with one attached hydrogen (secondary N) is 1. The fraction of sp³-hybridized carbons (Fsp3) is 0.545. The fourth-order valence-electron chi connectivity index (χ4n) is 1.29. The van der Waals surface area contributed by atoms with Gasteiger partial charge < -0.3 is 25.1 Å². The van der Waals surface area contributed by atoms with Gasteiger partial charge in [-0.05, 0) is 36.1 Å². The van der Waals surface area contributed by atoms with Crippen molar-refractivity contribution in [3.8, 4) is 0 Å². The third-order valence-electron chi connectivity index (χ3n) is 2.20. The summed E-state index contributed by atoms with van der Waals surface area (Å²) in [5, 5.41) is 13.6. The molecule has 0 aliphatic rings. The second-order valence-electron chi connectivity index (χ2n) is 3.97. The van der Waals surface area contributed by atoms with E-state index >= 15 is 0 Å². The number of hydrogen-bond acceptors (Lipinski definition) is 6. The molecular weight excluding hydrogens is 236 g/mol. The molecule has 7 nitrogen and oxygen atoms in total. The molecule has 0 radical (unpaired) electrons. The number of ether oxygens (including phenoxy) is 1. The molecule has 1 N–H and O–H groups in total. The molecule has 1 aromatic heterocycles. The van der Waals surface area contributed by atoms with Crippen molar-refractivity contribution >= 4 is 11.5 Å². The summed E-state index contributed by atoms with van der Waals surface area (Å²) < 4.78 is 5.37. The summed E-state index contributed by atoms with van der Waals surface area (Å²) in [4.78, 5) is 15.9. The Morgan fingerprint density at radius 2 is 2.28 bits per heavy atom. The summed E-state index contributed by atoms with van der Waals surface area (Å²) >= 11 is 0. The van der Waals surface area contributed by atoms with Gasteiger partial charge in [0.15, 0.2) is 0 Å². The molecule has 0 spiro atoms. The number of nitro groups is 1. The Balaban J connectivity index is 2.29. The van der Waals surface area contributed by atoms with E-state index in [4.69, 9.17) is 4.74 Å². The molecule has 0 bridgehead atoms. The third kappa shape index (κ3) is 5.07. The molecule has 0 aliphatic carbocycles. The van der Waals surface area contributed by atoms with Gasteiger partial charge in [0.2, 0.25) is 0 Å². The van der Waals surface area contributed by atoms with Crippen LogP contribution >= 0.6 is 0 Å². The first kappa shape index (κ1) is 14.3. The number of rotatable bonds is 8. The second kappa shape index (κ2) is 7.57. The maximum absolute atomic E-state index is 10.7. The number of anilines is 1. The van der Waals surface area contributed by atoms with Gasteiger partial charge in [0, 0.05) is 13.1 Å². The standard InChI is InChI=1S/C11H18N4O3/c1-14(2)7-9-18-8-6-12-10-4-3-5-13-11(10)15(16)17/h3-5,12H,6-9H2,1-2H3. The number of nitrogens with zero attached hydrogens (tertiary/aromatic N) is 3. The van der Waals surface area contributed by atoms with Crippen molar-refractivity contribution in [3.63, 3.8) is 0 Å². The van der Waals surface area contributed by atoms with E-state index in [-0.39, 0.29) is 5.82 Å². The molecule has 1 heterocycles. The highest BCUT2D eigenvalue weighted by molar-refractivity contribution is 5.56. The van der Waals surface area contributed by atoms with Gasteiger partial charge in [0.05, 0.1) is 13.2 Å². The first-order valence-corrected chi connectivity index (χ1v) is 5.67. The first-order chi connectivity index (χ1) is 8.61. The largest absolute Gasteiger partial charge is 0.386 e. The van der Waals surface area contributed by atoms with Crippen LogP contribution in [0.1, 0.15) is 0 Å². The molecule has 1 aromatic rings. The minimum Gasteiger partial charge on any atom is -0.378 e. The molecule has 0 atom stereocenters. The second-order valence-corrected chi connectivity index (χ2v) is 3.97. The molecular formula is C11H18N4O3. The van der Waals surface area contributed by atoms with Crippen LogP contribution in [-0.2, 0) is 4.74 Å². The molecule has 0 amide bonds. The van der Waals surface area contributed by atoms with Gasteiger partial charge in [-0.2, -0.15) is 0 Å². The quantitative estimate of drug-likeness (QED) is 0.423. The molecule has 0 aromatic carbocycles. The van der Waals surface area contributed by atoms with E-state index in [1.54, 1.807) is 12.1 Å². The molecule has 0 aliphatic heterocycles. The SMILES string of the molecule is CN(C)CCOCCNc1cccnc1[N+](=O)[O-]. The highest BCUT2D eigenvalue weighted by Gasteiger charge is 2.12. The van der Waals surface area contributed by atoms with Crippen LogP contribution in [0.2, 0.25) is 0 Å². The van der Waals surface area contributed by atoms with Crippen molar-refractivity contribution in [2.45, 2.75) is 0 Å². The van der Waals surface area contributed by atoms with Crippen molar-refractivity contribution in [2.75, 3.05) is 45.7 Å². The van der Waals surface area contributed by atoms with E-state index in [1.165, 1.54) is 6.20 Å². The summed E-state index contributed by atoms with van der Waals surface area (Å²) in [7, 11) is 3.95. The average molecular weight is 254 g/mol. The van der Waals surface area contributed by atoms with Crippen LogP contribution in [0.4, 0.5) is 11.5 Å². The first-order valence-electron chi connectivity index (χ1n) is 5.67.